The van der Waals surface area contributed by atoms with Crippen LogP contribution in [0.2, 0.25) is 0 Å². The summed E-state index contributed by atoms with van der Waals surface area (Å²) in [6.07, 6.45) is 4.34. The molecule has 0 amide bonds. The molecule has 2 saturated heterocycles. The first-order chi connectivity index (χ1) is 32.6. The molecule has 0 aromatic carbocycles. The fourth-order valence-electron chi connectivity index (χ4n) is 8.99. The zero-order valence-electron chi connectivity index (χ0n) is 40.9. The third-order valence-corrected chi connectivity index (χ3v) is 13.2. The summed E-state index contributed by atoms with van der Waals surface area (Å²) >= 11 is 0. The molecule has 18 heteroatoms. The number of allylic oxidation sites excluding steroid dienone is 12. The van der Waals surface area contributed by atoms with Gasteiger partial charge in [0.2, 0.25) is 0 Å². The van der Waals surface area contributed by atoms with E-state index in [-0.39, 0.29) is 31.6 Å². The van der Waals surface area contributed by atoms with E-state index in [4.69, 9.17) is 18.9 Å². The molecule has 2 bridgehead atoms. The SMILES string of the molecule is CCN(CC)[C@@H]1[C@H](O)[C@H](O[C@H]2/C=C/C=C/C=C/C=C/C=C/C=C/C=C/[C@H](C)[C@@H](O)[C@@H](C)[C@H](C)OC(=O)C[C@H](O)C[C@H](O)CC[C@@H](O)[C@H](O)C[C@H](O)C[C@]3(O)C[C@H](O)[C@@H](C(=O)O)[C@H](C2)O3)O[C@@H](C)[C@H]1O. The van der Waals surface area contributed by atoms with E-state index in [1.165, 1.54) is 0 Å². The highest BCUT2D eigenvalue weighted by atomic mass is 16.7. The lowest BCUT2D eigenvalue weighted by Gasteiger charge is -2.47. The van der Waals surface area contributed by atoms with Crippen molar-refractivity contribution in [2.75, 3.05) is 13.1 Å². The number of hydrogen-bond donors (Lipinski definition) is 11. The van der Waals surface area contributed by atoms with Gasteiger partial charge in [-0.15, -0.1) is 0 Å². The number of fused-ring (bicyclic) bond motifs is 2. The second kappa shape index (κ2) is 29.8. The topological polar surface area (TPSA) is 297 Å². The van der Waals surface area contributed by atoms with E-state index in [0.29, 0.717) is 13.1 Å². The van der Waals surface area contributed by atoms with Crippen LogP contribution in [0, 0.1) is 17.8 Å². The molecule has 2 fully saturated rings. The molecule has 0 radical (unpaired) electrons. The molecule has 19 atom stereocenters. The van der Waals surface area contributed by atoms with Gasteiger partial charge in [-0.2, -0.15) is 0 Å². The van der Waals surface area contributed by atoms with Crippen molar-refractivity contribution in [2.24, 2.45) is 17.8 Å². The highest BCUT2D eigenvalue weighted by Gasteiger charge is 2.51. The maximum atomic E-state index is 12.7. The van der Waals surface area contributed by atoms with Crippen LogP contribution in [0.1, 0.15) is 92.9 Å². The predicted octanol–water partition coefficient (Wildman–Crippen LogP) is 2.09. The fourth-order valence-corrected chi connectivity index (χ4v) is 8.99. The number of carbonyl (C=O) groups excluding carboxylic acids is 1. The minimum Gasteiger partial charge on any atom is -0.481 e. The minimum absolute atomic E-state index is 0.103. The van der Waals surface area contributed by atoms with Crippen LogP contribution in [0.4, 0.5) is 0 Å². The van der Waals surface area contributed by atoms with Crippen LogP contribution in [0.3, 0.4) is 0 Å². The van der Waals surface area contributed by atoms with Gasteiger partial charge in [-0.05, 0) is 46.2 Å². The van der Waals surface area contributed by atoms with Crippen LogP contribution in [0.5, 0.6) is 0 Å². The maximum Gasteiger partial charge on any atom is 0.311 e. The number of aliphatic hydroxyl groups excluding tert-OH is 9. The van der Waals surface area contributed by atoms with Gasteiger partial charge in [0.1, 0.15) is 18.1 Å². The molecule has 0 unspecified atom stereocenters. The fraction of sp³-hybridized carbons (Fsp3) is 0.686. The lowest BCUT2D eigenvalue weighted by atomic mass is 9.82. The Balaban J connectivity index is 1.91. The number of aliphatic hydroxyl groups is 10. The molecule has 0 aromatic rings. The molecule has 3 aliphatic rings. The van der Waals surface area contributed by atoms with Gasteiger partial charge < -0.3 is 75.1 Å². The quantitative estimate of drug-likeness (QED) is 0.170. The summed E-state index contributed by atoms with van der Waals surface area (Å²) in [4.78, 5) is 27.1. The summed E-state index contributed by atoms with van der Waals surface area (Å²) in [5.41, 5.74) is 0. The summed E-state index contributed by atoms with van der Waals surface area (Å²) in [7, 11) is 0. The monoisotopic (exact) mass is 980 g/mol. The Morgan fingerprint density at radius 3 is 1.80 bits per heavy atom. The molecule has 0 spiro atoms. The first kappa shape index (κ1) is 59.9. The highest BCUT2D eigenvalue weighted by molar-refractivity contribution is 5.71. The van der Waals surface area contributed by atoms with E-state index in [9.17, 15) is 65.8 Å². The summed E-state index contributed by atoms with van der Waals surface area (Å²) < 4.78 is 23.8. The first-order valence-electron chi connectivity index (χ1n) is 24.3. The van der Waals surface area contributed by atoms with E-state index in [2.05, 4.69) is 0 Å². The molecule has 69 heavy (non-hydrogen) atoms. The van der Waals surface area contributed by atoms with Crippen LogP contribution in [0.15, 0.2) is 85.1 Å². The molecular formula is C51H81NO17. The second-order valence-electron chi connectivity index (χ2n) is 18.7. The van der Waals surface area contributed by atoms with Crippen molar-refractivity contribution < 1.29 is 84.7 Å². The number of rotatable bonds is 6. The zero-order valence-corrected chi connectivity index (χ0v) is 40.9. The lowest BCUT2D eigenvalue weighted by molar-refractivity contribution is -0.312. The van der Waals surface area contributed by atoms with Crippen molar-refractivity contribution in [1.29, 1.82) is 0 Å². The number of cyclic esters (lactones) is 1. The lowest BCUT2D eigenvalue weighted by Crippen LogP contribution is -2.64. The molecule has 0 saturated carbocycles. The van der Waals surface area contributed by atoms with Gasteiger partial charge in [0.05, 0.1) is 79.6 Å². The van der Waals surface area contributed by atoms with E-state index in [1.54, 1.807) is 75.5 Å². The first-order valence-corrected chi connectivity index (χ1v) is 24.3. The molecular weight excluding hydrogens is 899 g/mol. The standard InChI is InChI=1S/C51H81NO17/c1-7-52(8-2)45-47(61)34(6)67-50(48(45)62)68-38-22-20-18-16-14-12-10-9-11-13-15-17-19-21-31(3)46(60)32(4)33(5)66-43(59)27-36(54)25-35(53)23-24-39(56)40(57)26-37(55)29-51(65)30-41(58)44(49(63)64)42(28-38)69-51/h9-22,31-42,44-48,50,53-58,60-62,65H,7-8,23-30H2,1-6H3,(H,63,64)/b10-9+,13-11+,14-12+,17-15+,18-16+,21-19+,22-20+/t31-,32-,33-,34-,35+,36+,37-,38-,39+,40+,41-,42-,44+,45-,46+,47+,48-,50-,51+/m0/s1. The number of nitrogens with zero attached hydrogens (tertiary/aromatic N) is 1. The van der Waals surface area contributed by atoms with Gasteiger partial charge in [-0.25, -0.2) is 0 Å². The van der Waals surface area contributed by atoms with E-state index >= 15 is 0 Å². The molecule has 0 aromatic heterocycles. The van der Waals surface area contributed by atoms with Crippen molar-refractivity contribution in [2.45, 2.75) is 190 Å². The second-order valence-corrected chi connectivity index (χ2v) is 18.7. The minimum atomic E-state index is -2.32. The molecule has 11 N–H and O–H groups in total. The summed E-state index contributed by atoms with van der Waals surface area (Å²) in [5.74, 6) is -6.79. The number of likely N-dealkylation sites (N-methyl/N-ethyl adjacent to an activating group) is 1. The Hall–Kier alpha value is -3.44. The third-order valence-electron chi connectivity index (χ3n) is 13.2. The Labute approximate surface area is 406 Å². The van der Waals surface area contributed by atoms with E-state index in [0.717, 1.165) is 0 Å². The number of ether oxygens (including phenoxy) is 4. The van der Waals surface area contributed by atoms with Gasteiger partial charge >= 0.3 is 11.9 Å². The smallest absolute Gasteiger partial charge is 0.311 e. The molecule has 392 valence electrons. The Bertz CT molecular complexity index is 1750. The van der Waals surface area contributed by atoms with Crippen LogP contribution in [-0.2, 0) is 28.5 Å². The molecule has 0 aliphatic carbocycles. The summed E-state index contributed by atoms with van der Waals surface area (Å²) in [6.45, 7) is 11.6. The molecule has 3 aliphatic heterocycles. The van der Waals surface area contributed by atoms with Crippen LogP contribution >= 0.6 is 0 Å². The van der Waals surface area contributed by atoms with Crippen LogP contribution in [-0.4, -0.2) is 184 Å². The third kappa shape index (κ3) is 19.6. The van der Waals surface area contributed by atoms with E-state index < -0.39 is 147 Å². The zero-order chi connectivity index (χ0) is 51.4. The Morgan fingerprint density at radius 1 is 0.667 bits per heavy atom. The predicted molar refractivity (Wildman–Crippen MR) is 256 cm³/mol. The number of carboxylic acid groups (broad SMARTS) is 1. The number of carbonyl (C=O) groups is 2. The molecule has 3 heterocycles. The van der Waals surface area contributed by atoms with Gasteiger partial charge in [0, 0.05) is 37.5 Å². The Kier molecular flexibility index (Phi) is 25.9. The van der Waals surface area contributed by atoms with E-state index in [1.807, 2.05) is 56.1 Å². The summed E-state index contributed by atoms with van der Waals surface area (Å²) in [6, 6.07) is -0.769. The number of esters is 1. The highest BCUT2D eigenvalue weighted by Crippen LogP contribution is 2.38. The van der Waals surface area contributed by atoms with Gasteiger partial charge in [-0.3, -0.25) is 14.5 Å². The van der Waals surface area contributed by atoms with Crippen LogP contribution in [0.25, 0.3) is 0 Å². The molecule has 18 nitrogen and oxygen atoms in total. The largest absolute Gasteiger partial charge is 0.481 e. The average Bonchev–Trinajstić information content (AvgIpc) is 3.26. The number of aliphatic carboxylic acids is 1. The van der Waals surface area contributed by atoms with Crippen molar-refractivity contribution in [3.63, 3.8) is 0 Å². The van der Waals surface area contributed by atoms with Gasteiger partial charge in [0.15, 0.2) is 12.1 Å². The van der Waals surface area contributed by atoms with Crippen molar-refractivity contribution in [1.82, 2.24) is 4.90 Å². The van der Waals surface area contributed by atoms with Crippen molar-refractivity contribution in [3.05, 3.63) is 85.1 Å². The Morgan fingerprint density at radius 2 is 1.23 bits per heavy atom. The number of carboxylic acids is 1. The van der Waals surface area contributed by atoms with Crippen molar-refractivity contribution >= 4 is 11.9 Å². The normalized spacial score (nSPS) is 43.6. The molecule has 3 rings (SSSR count). The average molecular weight is 980 g/mol. The van der Waals surface area contributed by atoms with Crippen molar-refractivity contribution in [3.8, 4) is 0 Å². The van der Waals surface area contributed by atoms with Gasteiger partial charge in [0.25, 0.3) is 0 Å². The number of hydrogen-bond acceptors (Lipinski definition) is 17. The summed E-state index contributed by atoms with van der Waals surface area (Å²) in [5, 5.41) is 120. The van der Waals surface area contributed by atoms with Crippen LogP contribution < -0.4 is 0 Å². The van der Waals surface area contributed by atoms with Gasteiger partial charge in [-0.1, -0.05) is 113 Å². The maximum absolute atomic E-state index is 12.7.